The van der Waals surface area contributed by atoms with Gasteiger partial charge in [0.05, 0.1) is 19.5 Å². The van der Waals surface area contributed by atoms with Crippen molar-refractivity contribution >= 4 is 5.65 Å². The third-order valence-corrected chi connectivity index (χ3v) is 4.30. The minimum Gasteiger partial charge on any atom is -0.468 e. The minimum absolute atomic E-state index is 0.0450. The van der Waals surface area contributed by atoms with E-state index in [2.05, 4.69) is 25.4 Å². The molecule has 0 saturated heterocycles. The van der Waals surface area contributed by atoms with Gasteiger partial charge in [-0.05, 0) is 39.0 Å². The summed E-state index contributed by atoms with van der Waals surface area (Å²) in [4.78, 5) is 4.03. The van der Waals surface area contributed by atoms with Crippen LogP contribution in [0.15, 0.2) is 36.7 Å². The SMILES string of the molecule is [2H]C([2H])(C)n1ncnc1COc1nn2c(-c3ccccc3F)nnc2cc1C(C)(C)O. The van der Waals surface area contributed by atoms with Crippen LogP contribution in [0, 0.1) is 5.82 Å². The highest BCUT2D eigenvalue weighted by Crippen LogP contribution is 2.31. The number of fused-ring (bicyclic) bond motifs is 1. The first-order valence-electron chi connectivity index (χ1n) is 9.82. The highest BCUT2D eigenvalue weighted by molar-refractivity contribution is 5.60. The fourth-order valence-electron chi connectivity index (χ4n) is 2.85. The molecular formula is C19H20FN7O2. The molecule has 0 fully saturated rings. The van der Waals surface area contributed by atoms with Gasteiger partial charge in [0.15, 0.2) is 17.3 Å². The van der Waals surface area contributed by atoms with Crippen LogP contribution in [0.25, 0.3) is 17.0 Å². The van der Waals surface area contributed by atoms with Crippen LogP contribution in [-0.4, -0.2) is 39.7 Å². The Morgan fingerprint density at radius 1 is 1.28 bits per heavy atom. The summed E-state index contributed by atoms with van der Waals surface area (Å²) >= 11 is 0. The first-order valence-corrected chi connectivity index (χ1v) is 8.82. The molecule has 3 heterocycles. The first-order chi connectivity index (χ1) is 14.6. The number of halogens is 1. The average molecular weight is 399 g/mol. The van der Waals surface area contributed by atoms with Gasteiger partial charge in [0.1, 0.15) is 18.8 Å². The molecule has 29 heavy (non-hydrogen) atoms. The van der Waals surface area contributed by atoms with Crippen molar-refractivity contribution in [2.24, 2.45) is 0 Å². The molecule has 10 heteroatoms. The van der Waals surface area contributed by atoms with Crippen LogP contribution >= 0.6 is 0 Å². The number of benzene rings is 1. The van der Waals surface area contributed by atoms with Crippen molar-refractivity contribution < 1.29 is 17.0 Å². The number of hydrogen-bond donors (Lipinski definition) is 1. The van der Waals surface area contributed by atoms with Gasteiger partial charge in [-0.2, -0.15) is 9.61 Å². The third-order valence-electron chi connectivity index (χ3n) is 4.30. The molecule has 0 amide bonds. The Balaban J connectivity index is 1.79. The lowest BCUT2D eigenvalue weighted by atomic mass is 10.0. The van der Waals surface area contributed by atoms with Crippen LogP contribution in [0.5, 0.6) is 5.88 Å². The number of hydrogen-bond acceptors (Lipinski definition) is 7. The number of rotatable bonds is 6. The third kappa shape index (κ3) is 3.54. The standard InChI is InChI=1S/C19H20FN7O2/c1-4-26-16(21-11-22-26)10-29-18-13(19(2,3)28)9-15-23-24-17(27(15)25-18)12-7-5-6-8-14(12)20/h5-9,11,28H,4,10H2,1-3H3/i4D2. The summed E-state index contributed by atoms with van der Waals surface area (Å²) in [6.45, 7) is 2.53. The van der Waals surface area contributed by atoms with Crippen molar-refractivity contribution in [3.8, 4) is 17.3 Å². The van der Waals surface area contributed by atoms with E-state index in [9.17, 15) is 9.50 Å². The van der Waals surface area contributed by atoms with E-state index >= 15 is 0 Å². The van der Waals surface area contributed by atoms with E-state index in [1.807, 2.05) is 0 Å². The van der Waals surface area contributed by atoms with Gasteiger partial charge in [-0.3, -0.25) is 0 Å². The zero-order chi connectivity index (χ0) is 22.4. The molecule has 0 aliphatic rings. The summed E-state index contributed by atoms with van der Waals surface area (Å²) < 4.78 is 38.2. The Kier molecular flexibility index (Phi) is 4.11. The molecule has 0 unspecified atom stereocenters. The quantitative estimate of drug-likeness (QED) is 0.531. The van der Waals surface area contributed by atoms with Gasteiger partial charge in [0.2, 0.25) is 5.88 Å². The number of aliphatic hydroxyl groups is 1. The Labute approximate surface area is 168 Å². The zero-order valence-corrected chi connectivity index (χ0v) is 16.0. The van der Waals surface area contributed by atoms with E-state index < -0.39 is 17.9 Å². The summed E-state index contributed by atoms with van der Waals surface area (Å²) in [6, 6.07) is 7.67. The van der Waals surface area contributed by atoms with Crippen LogP contribution in [-0.2, 0) is 18.7 Å². The maximum absolute atomic E-state index is 14.3. The smallest absolute Gasteiger partial charge is 0.238 e. The average Bonchev–Trinajstić information content (AvgIpc) is 3.32. The topological polar surface area (TPSA) is 103 Å². The molecule has 4 aromatic rings. The molecule has 0 bridgehead atoms. The van der Waals surface area contributed by atoms with Gasteiger partial charge >= 0.3 is 0 Å². The molecule has 0 aliphatic carbocycles. The number of aromatic nitrogens is 7. The summed E-state index contributed by atoms with van der Waals surface area (Å²) in [5.41, 5.74) is -0.487. The normalized spacial score (nSPS) is 13.4. The number of nitrogens with zero attached hydrogens (tertiary/aromatic N) is 7. The van der Waals surface area contributed by atoms with Gasteiger partial charge in [-0.25, -0.2) is 14.1 Å². The Morgan fingerprint density at radius 2 is 2.07 bits per heavy atom. The molecule has 1 aromatic carbocycles. The second-order valence-corrected chi connectivity index (χ2v) is 6.80. The van der Waals surface area contributed by atoms with Crippen molar-refractivity contribution in [1.82, 2.24) is 34.6 Å². The van der Waals surface area contributed by atoms with Crippen molar-refractivity contribution in [2.45, 2.75) is 39.5 Å². The molecule has 4 rings (SSSR count). The van der Waals surface area contributed by atoms with Crippen LogP contribution in [0.1, 0.15) is 34.9 Å². The van der Waals surface area contributed by atoms with Gasteiger partial charge in [-0.1, -0.05) is 12.1 Å². The molecule has 0 aliphatic heterocycles. The monoisotopic (exact) mass is 399 g/mol. The van der Waals surface area contributed by atoms with Crippen molar-refractivity contribution in [2.75, 3.05) is 0 Å². The lowest BCUT2D eigenvalue weighted by Gasteiger charge is -2.20. The zero-order valence-electron chi connectivity index (χ0n) is 18.0. The Morgan fingerprint density at radius 3 is 2.79 bits per heavy atom. The predicted molar refractivity (Wildman–Crippen MR) is 101 cm³/mol. The molecule has 9 nitrogen and oxygen atoms in total. The van der Waals surface area contributed by atoms with Crippen LogP contribution < -0.4 is 4.74 Å². The largest absolute Gasteiger partial charge is 0.468 e. The maximum Gasteiger partial charge on any atom is 0.238 e. The van der Waals surface area contributed by atoms with E-state index in [0.29, 0.717) is 11.2 Å². The lowest BCUT2D eigenvalue weighted by molar-refractivity contribution is 0.0729. The van der Waals surface area contributed by atoms with Crippen LogP contribution in [0.3, 0.4) is 0 Å². The molecule has 0 spiro atoms. The molecular weight excluding hydrogens is 377 g/mol. The van der Waals surface area contributed by atoms with E-state index in [1.54, 1.807) is 38.1 Å². The maximum atomic E-state index is 14.3. The van der Waals surface area contributed by atoms with Gasteiger partial charge in [-0.15, -0.1) is 15.3 Å². The summed E-state index contributed by atoms with van der Waals surface area (Å²) in [5.74, 6) is -0.0306. The molecule has 1 N–H and O–H groups in total. The van der Waals surface area contributed by atoms with Crippen molar-refractivity contribution in [3.63, 3.8) is 0 Å². The molecule has 150 valence electrons. The van der Waals surface area contributed by atoms with Crippen molar-refractivity contribution in [1.29, 1.82) is 0 Å². The number of ether oxygens (including phenoxy) is 1. The van der Waals surface area contributed by atoms with E-state index in [-0.39, 0.29) is 29.7 Å². The minimum atomic E-state index is -1.78. The van der Waals surface area contributed by atoms with Crippen LogP contribution in [0.2, 0.25) is 0 Å². The highest BCUT2D eigenvalue weighted by atomic mass is 19.1. The van der Waals surface area contributed by atoms with E-state index in [4.69, 9.17) is 7.48 Å². The molecule has 0 saturated carbocycles. The van der Waals surface area contributed by atoms with Crippen molar-refractivity contribution in [3.05, 3.63) is 53.9 Å². The second-order valence-electron chi connectivity index (χ2n) is 6.80. The molecule has 0 atom stereocenters. The summed E-state index contributed by atoms with van der Waals surface area (Å²) in [5, 5.41) is 27.0. The van der Waals surface area contributed by atoms with Gasteiger partial charge < -0.3 is 9.84 Å². The fraction of sp³-hybridized carbons (Fsp3) is 0.316. The molecule has 3 aromatic heterocycles. The van der Waals surface area contributed by atoms with Gasteiger partial charge in [0, 0.05) is 6.50 Å². The van der Waals surface area contributed by atoms with E-state index in [1.165, 1.54) is 23.8 Å². The summed E-state index contributed by atoms with van der Waals surface area (Å²) in [6.07, 6.45) is 1.23. The fourth-order valence-corrected chi connectivity index (χ4v) is 2.85. The van der Waals surface area contributed by atoms with E-state index in [0.717, 1.165) is 4.68 Å². The Bertz CT molecular complexity index is 1240. The van der Waals surface area contributed by atoms with Crippen LogP contribution in [0.4, 0.5) is 4.39 Å². The lowest BCUT2D eigenvalue weighted by Crippen LogP contribution is -2.20. The highest BCUT2D eigenvalue weighted by Gasteiger charge is 2.26. The molecule has 0 radical (unpaired) electrons. The predicted octanol–water partition coefficient (Wildman–Crippen LogP) is 2.35. The first kappa shape index (κ1) is 16.5. The second kappa shape index (κ2) is 7.21. The summed E-state index contributed by atoms with van der Waals surface area (Å²) in [7, 11) is 0. The number of aryl methyl sites for hydroxylation is 1. The Hall–Kier alpha value is -3.40. The van der Waals surface area contributed by atoms with Gasteiger partial charge in [0.25, 0.3) is 0 Å².